The molecule has 2 amide bonds. The molecule has 2 aliphatic heterocycles. The maximum atomic E-state index is 12.5. The Labute approximate surface area is 163 Å². The standard InChI is InChI=1S/C20H35N5O2/c1-3-5-8-23-10-11-25-18(15-23)13-17(22-25)14-21-20(26)24-9-6-7-19(16-24)27-12-4-2/h13,19H,3-12,14-16H2,1-2H3,(H,21,26). The van der Waals surface area contributed by atoms with Gasteiger partial charge < -0.3 is 15.0 Å². The van der Waals surface area contributed by atoms with Crippen LogP contribution in [0.25, 0.3) is 0 Å². The third kappa shape index (κ3) is 5.69. The second-order valence-corrected chi connectivity index (χ2v) is 7.72. The maximum Gasteiger partial charge on any atom is 0.317 e. The summed E-state index contributed by atoms with van der Waals surface area (Å²) in [5, 5.41) is 7.71. The van der Waals surface area contributed by atoms with Gasteiger partial charge in [0, 0.05) is 32.8 Å². The van der Waals surface area contributed by atoms with Gasteiger partial charge in [0.05, 0.1) is 30.6 Å². The van der Waals surface area contributed by atoms with Crippen LogP contribution in [0.2, 0.25) is 0 Å². The van der Waals surface area contributed by atoms with Crippen LogP contribution in [0.15, 0.2) is 6.07 Å². The fourth-order valence-corrected chi connectivity index (χ4v) is 3.86. The third-order valence-electron chi connectivity index (χ3n) is 5.40. The Bertz CT molecular complexity index is 603. The number of hydrogen-bond acceptors (Lipinski definition) is 4. The van der Waals surface area contributed by atoms with Crippen molar-refractivity contribution in [3.05, 3.63) is 17.5 Å². The summed E-state index contributed by atoms with van der Waals surface area (Å²) in [6, 6.07) is 2.14. The first-order valence-corrected chi connectivity index (χ1v) is 10.6. The summed E-state index contributed by atoms with van der Waals surface area (Å²) in [6.45, 7) is 11.2. The van der Waals surface area contributed by atoms with Crippen LogP contribution in [0.4, 0.5) is 4.79 Å². The summed E-state index contributed by atoms with van der Waals surface area (Å²) in [6.07, 6.45) is 5.73. The summed E-state index contributed by atoms with van der Waals surface area (Å²) in [5.41, 5.74) is 2.21. The van der Waals surface area contributed by atoms with E-state index in [2.05, 4.69) is 39.9 Å². The number of carbonyl (C=O) groups excluding carboxylic acids is 1. The van der Waals surface area contributed by atoms with E-state index < -0.39 is 0 Å². The molecule has 0 radical (unpaired) electrons. The molecule has 0 aliphatic carbocycles. The van der Waals surface area contributed by atoms with Gasteiger partial charge in [-0.1, -0.05) is 20.3 Å². The first-order chi connectivity index (χ1) is 13.2. The molecule has 3 heterocycles. The van der Waals surface area contributed by atoms with E-state index in [1.165, 1.54) is 18.5 Å². The van der Waals surface area contributed by atoms with Gasteiger partial charge in [0.25, 0.3) is 0 Å². The molecule has 1 unspecified atom stereocenters. The normalized spacial score (nSPS) is 20.5. The molecule has 3 rings (SSSR count). The summed E-state index contributed by atoms with van der Waals surface area (Å²) in [7, 11) is 0. The number of hydrogen-bond donors (Lipinski definition) is 1. The predicted molar refractivity (Wildman–Crippen MR) is 105 cm³/mol. The molecule has 0 saturated carbocycles. The van der Waals surface area contributed by atoms with E-state index in [9.17, 15) is 4.79 Å². The molecular weight excluding hydrogens is 342 g/mol. The number of ether oxygens (including phenoxy) is 1. The number of fused-ring (bicyclic) bond motifs is 1. The quantitative estimate of drug-likeness (QED) is 0.756. The molecule has 1 aromatic rings. The average molecular weight is 378 g/mol. The van der Waals surface area contributed by atoms with Crippen molar-refractivity contribution in [2.24, 2.45) is 0 Å². The minimum Gasteiger partial charge on any atom is -0.376 e. The zero-order valence-electron chi connectivity index (χ0n) is 17.0. The topological polar surface area (TPSA) is 62.6 Å². The minimum absolute atomic E-state index is 0.00431. The van der Waals surface area contributed by atoms with Crippen LogP contribution in [0.5, 0.6) is 0 Å². The van der Waals surface area contributed by atoms with Gasteiger partial charge in [-0.2, -0.15) is 5.10 Å². The summed E-state index contributed by atoms with van der Waals surface area (Å²) < 4.78 is 7.92. The zero-order chi connectivity index (χ0) is 19.1. The van der Waals surface area contributed by atoms with E-state index in [-0.39, 0.29) is 12.1 Å². The van der Waals surface area contributed by atoms with Crippen LogP contribution < -0.4 is 5.32 Å². The molecule has 1 saturated heterocycles. The number of nitrogens with zero attached hydrogens (tertiary/aromatic N) is 4. The number of urea groups is 1. The molecule has 1 atom stereocenters. The van der Waals surface area contributed by atoms with Gasteiger partial charge in [-0.15, -0.1) is 0 Å². The highest BCUT2D eigenvalue weighted by molar-refractivity contribution is 5.74. The lowest BCUT2D eigenvalue weighted by Gasteiger charge is -2.32. The van der Waals surface area contributed by atoms with Crippen molar-refractivity contribution in [1.82, 2.24) is 24.9 Å². The van der Waals surface area contributed by atoms with Crippen molar-refractivity contribution < 1.29 is 9.53 Å². The first kappa shape index (κ1) is 20.1. The Morgan fingerprint density at radius 2 is 2.19 bits per heavy atom. The van der Waals surface area contributed by atoms with Gasteiger partial charge in [-0.05, 0) is 38.3 Å². The third-order valence-corrected chi connectivity index (χ3v) is 5.40. The van der Waals surface area contributed by atoms with E-state index in [4.69, 9.17) is 4.74 Å². The van der Waals surface area contributed by atoms with Crippen LogP contribution in [0, 0.1) is 0 Å². The SMILES string of the molecule is CCCCN1CCn2nc(CNC(=O)N3CCCC(OCCC)C3)cc2C1. The Kier molecular flexibility index (Phi) is 7.52. The molecule has 2 aliphatic rings. The van der Waals surface area contributed by atoms with Crippen molar-refractivity contribution in [1.29, 1.82) is 0 Å². The minimum atomic E-state index is -0.00431. The van der Waals surface area contributed by atoms with Crippen LogP contribution in [0.3, 0.4) is 0 Å². The Balaban J connectivity index is 1.46. The smallest absolute Gasteiger partial charge is 0.317 e. The number of rotatable bonds is 8. The van der Waals surface area contributed by atoms with Gasteiger partial charge in [0.15, 0.2) is 0 Å². The Morgan fingerprint density at radius 1 is 1.30 bits per heavy atom. The second-order valence-electron chi connectivity index (χ2n) is 7.72. The van der Waals surface area contributed by atoms with Gasteiger partial charge in [0.2, 0.25) is 0 Å². The van der Waals surface area contributed by atoms with E-state index in [0.717, 1.165) is 64.3 Å². The Hall–Kier alpha value is -1.60. The van der Waals surface area contributed by atoms with Gasteiger partial charge in [-0.25, -0.2) is 4.79 Å². The number of carbonyl (C=O) groups is 1. The zero-order valence-corrected chi connectivity index (χ0v) is 17.0. The highest BCUT2D eigenvalue weighted by Gasteiger charge is 2.24. The van der Waals surface area contributed by atoms with E-state index in [1.807, 2.05) is 4.90 Å². The number of aromatic nitrogens is 2. The molecule has 7 heteroatoms. The van der Waals surface area contributed by atoms with Crippen molar-refractivity contribution in [2.45, 2.75) is 71.7 Å². The number of unbranched alkanes of at least 4 members (excludes halogenated alkanes) is 1. The highest BCUT2D eigenvalue weighted by atomic mass is 16.5. The summed E-state index contributed by atoms with van der Waals surface area (Å²) >= 11 is 0. The number of amides is 2. The molecule has 1 N–H and O–H groups in total. The molecule has 0 spiro atoms. The van der Waals surface area contributed by atoms with Crippen molar-refractivity contribution in [3.63, 3.8) is 0 Å². The lowest BCUT2D eigenvalue weighted by Crippen LogP contribution is -2.47. The van der Waals surface area contributed by atoms with Gasteiger partial charge in [0.1, 0.15) is 0 Å². The second kappa shape index (κ2) is 10.1. The molecule has 1 fully saturated rings. The molecule has 152 valence electrons. The van der Waals surface area contributed by atoms with Crippen LogP contribution >= 0.6 is 0 Å². The van der Waals surface area contributed by atoms with Crippen molar-refractivity contribution in [2.75, 3.05) is 32.8 Å². The number of piperidine rings is 1. The Morgan fingerprint density at radius 3 is 3.00 bits per heavy atom. The average Bonchev–Trinajstić information content (AvgIpc) is 3.11. The molecule has 1 aromatic heterocycles. The monoisotopic (exact) mass is 377 g/mol. The van der Waals surface area contributed by atoms with Crippen LogP contribution in [0.1, 0.15) is 57.3 Å². The van der Waals surface area contributed by atoms with Gasteiger partial charge in [-0.3, -0.25) is 9.58 Å². The lowest BCUT2D eigenvalue weighted by molar-refractivity contribution is 0.01000. The molecule has 27 heavy (non-hydrogen) atoms. The summed E-state index contributed by atoms with van der Waals surface area (Å²) in [4.78, 5) is 16.9. The van der Waals surface area contributed by atoms with Crippen LogP contribution in [-0.4, -0.2) is 64.5 Å². The van der Waals surface area contributed by atoms with E-state index in [0.29, 0.717) is 13.1 Å². The van der Waals surface area contributed by atoms with Crippen molar-refractivity contribution >= 4 is 6.03 Å². The highest BCUT2D eigenvalue weighted by Crippen LogP contribution is 2.16. The molecule has 0 bridgehead atoms. The fraction of sp³-hybridized carbons (Fsp3) is 0.800. The maximum absolute atomic E-state index is 12.5. The molecular formula is C20H35N5O2. The molecule has 7 nitrogen and oxygen atoms in total. The largest absolute Gasteiger partial charge is 0.376 e. The first-order valence-electron chi connectivity index (χ1n) is 10.6. The van der Waals surface area contributed by atoms with Gasteiger partial charge >= 0.3 is 6.03 Å². The molecule has 0 aromatic carbocycles. The summed E-state index contributed by atoms with van der Waals surface area (Å²) in [5.74, 6) is 0. The predicted octanol–water partition coefficient (Wildman–Crippen LogP) is 2.60. The number of nitrogens with one attached hydrogen (secondary N) is 1. The number of likely N-dealkylation sites (tertiary alicyclic amines) is 1. The fourth-order valence-electron chi connectivity index (χ4n) is 3.86. The van der Waals surface area contributed by atoms with E-state index >= 15 is 0 Å². The van der Waals surface area contributed by atoms with E-state index in [1.54, 1.807) is 0 Å². The van der Waals surface area contributed by atoms with Crippen molar-refractivity contribution in [3.8, 4) is 0 Å². The lowest BCUT2D eigenvalue weighted by atomic mass is 10.1. The van der Waals surface area contributed by atoms with Crippen LogP contribution in [-0.2, 0) is 24.4 Å².